The molecule has 5 heteroatoms. The SMILES string of the molecule is CCCCSC(C)C(=O)N[C@H](C(=O)O)[C@@H](C)CC. The van der Waals surface area contributed by atoms with Crippen molar-refractivity contribution in [2.24, 2.45) is 5.92 Å². The second-order valence-electron chi connectivity index (χ2n) is 4.58. The molecule has 0 aromatic heterocycles. The third kappa shape index (κ3) is 6.28. The minimum Gasteiger partial charge on any atom is -0.480 e. The van der Waals surface area contributed by atoms with Gasteiger partial charge in [-0.05, 0) is 25.0 Å². The minimum absolute atomic E-state index is 0.0562. The molecule has 0 aliphatic carbocycles. The van der Waals surface area contributed by atoms with Gasteiger partial charge >= 0.3 is 5.97 Å². The standard InChI is InChI=1S/C13H25NO3S/c1-5-7-8-18-10(4)12(15)14-11(13(16)17)9(3)6-2/h9-11H,5-8H2,1-4H3,(H,14,15)(H,16,17)/t9-,10?,11-/m0/s1. The minimum atomic E-state index is -0.955. The maximum absolute atomic E-state index is 11.9. The molecule has 3 atom stereocenters. The van der Waals surface area contributed by atoms with Crippen LogP contribution >= 0.6 is 11.8 Å². The van der Waals surface area contributed by atoms with Crippen LogP contribution in [0.25, 0.3) is 0 Å². The van der Waals surface area contributed by atoms with Crippen LogP contribution in [0.15, 0.2) is 0 Å². The van der Waals surface area contributed by atoms with Gasteiger partial charge in [0.25, 0.3) is 0 Å². The quantitative estimate of drug-likeness (QED) is 0.635. The first-order valence-corrected chi connectivity index (χ1v) is 7.63. The number of hydrogen-bond acceptors (Lipinski definition) is 3. The van der Waals surface area contributed by atoms with Crippen LogP contribution < -0.4 is 5.32 Å². The molecular formula is C13H25NO3S. The Morgan fingerprint density at radius 2 is 1.89 bits per heavy atom. The Labute approximate surface area is 114 Å². The van der Waals surface area contributed by atoms with E-state index in [9.17, 15) is 9.59 Å². The van der Waals surface area contributed by atoms with Gasteiger partial charge in [-0.25, -0.2) is 4.79 Å². The summed E-state index contributed by atoms with van der Waals surface area (Å²) in [6.45, 7) is 7.69. The Balaban J connectivity index is 4.28. The molecule has 2 N–H and O–H groups in total. The molecule has 1 amide bonds. The van der Waals surface area contributed by atoms with Gasteiger partial charge < -0.3 is 10.4 Å². The van der Waals surface area contributed by atoms with Crippen molar-refractivity contribution in [3.8, 4) is 0 Å². The Hall–Kier alpha value is -0.710. The molecule has 0 aliphatic rings. The molecule has 0 radical (unpaired) electrons. The first-order chi connectivity index (χ1) is 8.43. The molecule has 0 aromatic carbocycles. The van der Waals surface area contributed by atoms with Crippen LogP contribution in [0, 0.1) is 5.92 Å². The van der Waals surface area contributed by atoms with Crippen molar-refractivity contribution in [2.45, 2.75) is 58.2 Å². The summed E-state index contributed by atoms with van der Waals surface area (Å²) in [7, 11) is 0. The van der Waals surface area contributed by atoms with Gasteiger partial charge in [0.15, 0.2) is 0 Å². The molecule has 106 valence electrons. The molecule has 0 bridgehead atoms. The van der Waals surface area contributed by atoms with Crippen LogP contribution in [0.4, 0.5) is 0 Å². The fourth-order valence-electron chi connectivity index (χ4n) is 1.43. The highest BCUT2D eigenvalue weighted by atomic mass is 32.2. The summed E-state index contributed by atoms with van der Waals surface area (Å²) in [5, 5.41) is 11.5. The number of nitrogens with one attached hydrogen (secondary N) is 1. The first-order valence-electron chi connectivity index (χ1n) is 6.58. The van der Waals surface area contributed by atoms with Gasteiger partial charge in [-0.15, -0.1) is 11.8 Å². The van der Waals surface area contributed by atoms with Crippen LogP contribution in [0.3, 0.4) is 0 Å². The van der Waals surface area contributed by atoms with E-state index in [1.54, 1.807) is 11.8 Å². The van der Waals surface area contributed by atoms with Gasteiger partial charge in [-0.3, -0.25) is 4.79 Å². The molecule has 1 unspecified atom stereocenters. The molecule has 18 heavy (non-hydrogen) atoms. The number of carbonyl (C=O) groups excluding carboxylic acids is 1. The van der Waals surface area contributed by atoms with Gasteiger partial charge in [-0.1, -0.05) is 33.6 Å². The highest BCUT2D eigenvalue weighted by molar-refractivity contribution is 8.00. The molecule has 0 aliphatic heterocycles. The van der Waals surface area contributed by atoms with E-state index in [0.717, 1.165) is 25.0 Å². The van der Waals surface area contributed by atoms with Crippen LogP contribution in [0.5, 0.6) is 0 Å². The Morgan fingerprint density at radius 3 is 2.33 bits per heavy atom. The first kappa shape index (κ1) is 17.3. The van der Waals surface area contributed by atoms with Crippen LogP contribution in [0.1, 0.15) is 47.0 Å². The molecule has 0 rings (SSSR count). The Bertz CT molecular complexity index is 271. The van der Waals surface area contributed by atoms with Gasteiger partial charge in [0.1, 0.15) is 6.04 Å². The van der Waals surface area contributed by atoms with Crippen molar-refractivity contribution < 1.29 is 14.7 Å². The highest BCUT2D eigenvalue weighted by Gasteiger charge is 2.27. The average molecular weight is 275 g/mol. The van der Waals surface area contributed by atoms with Crippen molar-refractivity contribution in [3.05, 3.63) is 0 Å². The second kappa shape index (κ2) is 9.25. The van der Waals surface area contributed by atoms with E-state index in [1.165, 1.54) is 0 Å². The summed E-state index contributed by atoms with van der Waals surface area (Å²) < 4.78 is 0. The average Bonchev–Trinajstić information content (AvgIpc) is 2.34. The predicted octanol–water partition coefficient (Wildman–Crippen LogP) is 2.52. The monoisotopic (exact) mass is 275 g/mol. The number of rotatable bonds is 9. The van der Waals surface area contributed by atoms with Crippen molar-refractivity contribution in [3.63, 3.8) is 0 Å². The van der Waals surface area contributed by atoms with Gasteiger partial charge in [0.2, 0.25) is 5.91 Å². The Morgan fingerprint density at radius 1 is 1.28 bits per heavy atom. The molecule has 0 saturated heterocycles. The second-order valence-corrected chi connectivity index (χ2v) is 6.03. The van der Waals surface area contributed by atoms with E-state index >= 15 is 0 Å². The van der Waals surface area contributed by atoms with Crippen molar-refractivity contribution in [1.29, 1.82) is 0 Å². The number of amides is 1. The number of unbranched alkanes of at least 4 members (excludes halogenated alkanes) is 1. The third-order valence-corrected chi connectivity index (χ3v) is 4.25. The van der Waals surface area contributed by atoms with Gasteiger partial charge in [0, 0.05) is 0 Å². The largest absolute Gasteiger partial charge is 0.480 e. The fraction of sp³-hybridized carbons (Fsp3) is 0.846. The topological polar surface area (TPSA) is 66.4 Å². The van der Waals surface area contributed by atoms with Crippen molar-refractivity contribution >= 4 is 23.6 Å². The number of thioether (sulfide) groups is 1. The third-order valence-electron chi connectivity index (χ3n) is 3.01. The lowest BCUT2D eigenvalue weighted by Gasteiger charge is -2.22. The molecule has 0 fully saturated rings. The van der Waals surface area contributed by atoms with E-state index in [1.807, 2.05) is 20.8 Å². The summed E-state index contributed by atoms with van der Waals surface area (Å²) in [6, 6.07) is -0.781. The number of hydrogen-bond donors (Lipinski definition) is 2. The lowest BCUT2D eigenvalue weighted by molar-refractivity contribution is -0.143. The Kier molecular flexibility index (Phi) is 8.89. The van der Waals surface area contributed by atoms with Crippen LogP contribution in [0.2, 0.25) is 0 Å². The van der Waals surface area contributed by atoms with Gasteiger partial charge in [-0.2, -0.15) is 0 Å². The van der Waals surface area contributed by atoms with E-state index < -0.39 is 12.0 Å². The maximum atomic E-state index is 11.9. The maximum Gasteiger partial charge on any atom is 0.326 e. The van der Waals surface area contributed by atoms with E-state index in [2.05, 4.69) is 12.2 Å². The summed E-state index contributed by atoms with van der Waals surface area (Å²) in [5.74, 6) is -0.252. The van der Waals surface area contributed by atoms with E-state index in [4.69, 9.17) is 5.11 Å². The predicted molar refractivity (Wildman–Crippen MR) is 75.8 cm³/mol. The van der Waals surface area contributed by atoms with Crippen LogP contribution in [-0.2, 0) is 9.59 Å². The van der Waals surface area contributed by atoms with E-state index in [-0.39, 0.29) is 17.1 Å². The summed E-state index contributed by atoms with van der Waals surface area (Å²) >= 11 is 1.58. The number of carboxylic acids is 1. The molecule has 4 nitrogen and oxygen atoms in total. The number of aliphatic carboxylic acids is 1. The van der Waals surface area contributed by atoms with Crippen LogP contribution in [-0.4, -0.2) is 34.0 Å². The lowest BCUT2D eigenvalue weighted by Crippen LogP contribution is -2.47. The summed E-state index contributed by atoms with van der Waals surface area (Å²) in [4.78, 5) is 23.0. The highest BCUT2D eigenvalue weighted by Crippen LogP contribution is 2.14. The number of carbonyl (C=O) groups is 2. The molecule has 0 heterocycles. The van der Waals surface area contributed by atoms with Crippen molar-refractivity contribution in [2.75, 3.05) is 5.75 Å². The zero-order chi connectivity index (χ0) is 14.1. The summed E-state index contributed by atoms with van der Waals surface area (Å²) in [6.07, 6.45) is 2.91. The van der Waals surface area contributed by atoms with Crippen molar-refractivity contribution in [1.82, 2.24) is 5.32 Å². The normalized spacial score (nSPS) is 15.8. The van der Waals surface area contributed by atoms with Gasteiger partial charge in [0.05, 0.1) is 5.25 Å². The molecule has 0 spiro atoms. The fourth-order valence-corrected chi connectivity index (χ4v) is 2.46. The number of carboxylic acid groups (broad SMARTS) is 1. The molecule has 0 aromatic rings. The smallest absolute Gasteiger partial charge is 0.326 e. The lowest BCUT2D eigenvalue weighted by atomic mass is 9.99. The molecule has 0 saturated carbocycles. The summed E-state index contributed by atoms with van der Waals surface area (Å²) in [5.41, 5.74) is 0. The molecular weight excluding hydrogens is 250 g/mol. The zero-order valence-corrected chi connectivity index (χ0v) is 12.5. The van der Waals surface area contributed by atoms with E-state index in [0.29, 0.717) is 0 Å². The zero-order valence-electron chi connectivity index (χ0n) is 11.7.